The van der Waals surface area contributed by atoms with Crippen molar-refractivity contribution < 1.29 is 13.9 Å². The first-order chi connectivity index (χ1) is 15.4. The summed E-state index contributed by atoms with van der Waals surface area (Å²) in [5.74, 6) is 0.318. The number of aromatic nitrogens is 2. The maximum atomic E-state index is 13.2. The van der Waals surface area contributed by atoms with E-state index in [1.165, 1.54) is 28.2 Å². The zero-order chi connectivity index (χ0) is 22.7. The molecule has 9 heteroatoms. The first-order valence-electron chi connectivity index (χ1n) is 9.63. The Balaban J connectivity index is 1.39. The maximum absolute atomic E-state index is 13.2. The molecule has 0 aliphatic rings. The molecule has 0 bridgehead atoms. The van der Waals surface area contributed by atoms with Crippen LogP contribution in [0.3, 0.4) is 0 Å². The normalized spacial score (nSPS) is 10.9. The van der Waals surface area contributed by atoms with E-state index < -0.39 is 5.82 Å². The highest BCUT2D eigenvalue weighted by atomic mass is 35.5. The summed E-state index contributed by atoms with van der Waals surface area (Å²) < 4.78 is 20.6. The van der Waals surface area contributed by atoms with Gasteiger partial charge in [0.25, 0.3) is 5.91 Å². The molecule has 0 aliphatic carbocycles. The van der Waals surface area contributed by atoms with Crippen LogP contribution < -0.4 is 10.1 Å². The van der Waals surface area contributed by atoms with Crippen molar-refractivity contribution in [2.45, 2.75) is 20.1 Å². The Morgan fingerprint density at radius 2 is 2.00 bits per heavy atom. The van der Waals surface area contributed by atoms with Gasteiger partial charge in [-0.2, -0.15) is 5.10 Å². The van der Waals surface area contributed by atoms with Crippen LogP contribution in [0.25, 0.3) is 0 Å². The number of thiophene rings is 1. The molecule has 0 saturated heterocycles. The zero-order valence-electron chi connectivity index (χ0n) is 16.9. The van der Waals surface area contributed by atoms with Gasteiger partial charge >= 0.3 is 0 Å². The van der Waals surface area contributed by atoms with Gasteiger partial charge in [-0.05, 0) is 47.7 Å². The van der Waals surface area contributed by atoms with Crippen molar-refractivity contribution >= 4 is 46.3 Å². The molecule has 0 saturated carbocycles. The Labute approximate surface area is 198 Å². The highest BCUT2D eigenvalue weighted by Gasteiger charge is 2.15. The van der Waals surface area contributed by atoms with Crippen molar-refractivity contribution in [3.8, 4) is 5.75 Å². The zero-order valence-corrected chi connectivity index (χ0v) is 19.3. The van der Waals surface area contributed by atoms with Crippen LogP contribution >= 0.6 is 34.5 Å². The Morgan fingerprint density at radius 1 is 1.19 bits per heavy atom. The van der Waals surface area contributed by atoms with Crippen molar-refractivity contribution in [2.75, 3.05) is 5.32 Å². The first kappa shape index (κ1) is 22.3. The summed E-state index contributed by atoms with van der Waals surface area (Å²) >= 11 is 13.6. The summed E-state index contributed by atoms with van der Waals surface area (Å²) in [6.07, 6.45) is 1.58. The fourth-order valence-corrected chi connectivity index (χ4v) is 4.22. The summed E-state index contributed by atoms with van der Waals surface area (Å²) in [4.78, 5) is 13.2. The Morgan fingerprint density at radius 3 is 2.78 bits per heavy atom. The predicted molar refractivity (Wildman–Crippen MR) is 126 cm³/mol. The number of carbonyl (C=O) groups excluding carboxylic acids is 1. The lowest BCUT2D eigenvalue weighted by Gasteiger charge is -2.07. The molecule has 0 spiro atoms. The van der Waals surface area contributed by atoms with E-state index >= 15 is 0 Å². The van der Waals surface area contributed by atoms with Crippen molar-refractivity contribution in [3.05, 3.63) is 97.5 Å². The van der Waals surface area contributed by atoms with Gasteiger partial charge in [-0.15, -0.1) is 11.3 Å². The molecule has 0 aliphatic heterocycles. The number of carbonyl (C=O) groups is 1. The SMILES string of the molecule is Cc1ccccc1OCc1csc(C(=O)Nc2nn(Cc3ccc(F)cc3Cl)cc2Cl)c1. The van der Waals surface area contributed by atoms with E-state index in [1.807, 2.05) is 36.6 Å². The van der Waals surface area contributed by atoms with Gasteiger partial charge in [-0.3, -0.25) is 9.48 Å². The highest BCUT2D eigenvalue weighted by molar-refractivity contribution is 7.12. The Hall–Kier alpha value is -2.87. The molecule has 0 atom stereocenters. The van der Waals surface area contributed by atoms with Gasteiger partial charge < -0.3 is 10.1 Å². The molecule has 2 aromatic heterocycles. The fraction of sp³-hybridized carbons (Fsp3) is 0.130. The molecule has 1 amide bonds. The number of hydrogen-bond acceptors (Lipinski definition) is 4. The second kappa shape index (κ2) is 9.73. The van der Waals surface area contributed by atoms with Crippen molar-refractivity contribution in [2.24, 2.45) is 0 Å². The Kier molecular flexibility index (Phi) is 6.79. The number of rotatable bonds is 7. The summed E-state index contributed by atoms with van der Waals surface area (Å²) in [6.45, 7) is 2.63. The smallest absolute Gasteiger partial charge is 0.266 e. The Bertz CT molecular complexity index is 1270. The van der Waals surface area contributed by atoms with E-state index in [0.717, 1.165) is 16.9 Å². The lowest BCUT2D eigenvalue weighted by atomic mass is 10.2. The van der Waals surface area contributed by atoms with Crippen molar-refractivity contribution in [3.63, 3.8) is 0 Å². The van der Waals surface area contributed by atoms with E-state index in [1.54, 1.807) is 18.3 Å². The van der Waals surface area contributed by atoms with E-state index in [2.05, 4.69) is 10.4 Å². The van der Waals surface area contributed by atoms with Gasteiger partial charge in [-0.1, -0.05) is 47.5 Å². The minimum Gasteiger partial charge on any atom is -0.489 e. The third-order valence-corrected chi connectivity index (χ3v) is 6.27. The van der Waals surface area contributed by atoms with Crippen LogP contribution in [0, 0.1) is 12.7 Å². The largest absolute Gasteiger partial charge is 0.489 e. The molecule has 2 heterocycles. The van der Waals surface area contributed by atoms with Gasteiger partial charge in [0.05, 0.1) is 11.4 Å². The molecular formula is C23H18Cl2FN3O2S. The molecular weight excluding hydrogens is 472 g/mol. The monoisotopic (exact) mass is 489 g/mol. The number of nitrogens with zero attached hydrogens (tertiary/aromatic N) is 2. The lowest BCUT2D eigenvalue weighted by molar-refractivity contribution is 0.103. The second-order valence-electron chi connectivity index (χ2n) is 7.09. The van der Waals surface area contributed by atoms with E-state index in [9.17, 15) is 9.18 Å². The van der Waals surface area contributed by atoms with Crippen LogP contribution in [0.1, 0.15) is 26.4 Å². The topological polar surface area (TPSA) is 56.1 Å². The van der Waals surface area contributed by atoms with E-state index in [4.69, 9.17) is 27.9 Å². The minimum atomic E-state index is -0.412. The summed E-state index contributed by atoms with van der Waals surface area (Å²) in [5, 5.41) is 9.49. The predicted octanol–water partition coefficient (Wildman–Crippen LogP) is 6.58. The fourth-order valence-electron chi connectivity index (χ4n) is 3.01. The third kappa shape index (κ3) is 5.30. The van der Waals surface area contributed by atoms with E-state index in [-0.39, 0.29) is 23.3 Å². The highest BCUT2D eigenvalue weighted by Crippen LogP contribution is 2.25. The maximum Gasteiger partial charge on any atom is 0.266 e. The number of amides is 1. The number of halogens is 3. The van der Waals surface area contributed by atoms with Crippen LogP contribution in [0.4, 0.5) is 10.2 Å². The molecule has 4 aromatic rings. The van der Waals surface area contributed by atoms with Gasteiger partial charge in [-0.25, -0.2) is 4.39 Å². The molecule has 1 N–H and O–H groups in total. The van der Waals surface area contributed by atoms with Gasteiger partial charge in [0.15, 0.2) is 5.82 Å². The molecule has 164 valence electrons. The summed E-state index contributed by atoms with van der Waals surface area (Å²) in [6, 6.07) is 13.7. The minimum absolute atomic E-state index is 0.237. The first-order valence-corrected chi connectivity index (χ1v) is 11.3. The van der Waals surface area contributed by atoms with Gasteiger partial charge in [0.2, 0.25) is 0 Å². The molecule has 32 heavy (non-hydrogen) atoms. The van der Waals surface area contributed by atoms with Gasteiger partial charge in [0, 0.05) is 16.8 Å². The standard InChI is InChI=1S/C23H18Cl2FN3O2S/c1-14-4-2-3-5-20(14)31-12-15-8-21(32-13-15)23(30)27-22-19(25)11-29(28-22)10-16-6-7-17(26)9-18(16)24/h2-9,11,13H,10,12H2,1H3,(H,27,28,30). The lowest BCUT2D eigenvalue weighted by Crippen LogP contribution is -2.12. The molecule has 0 radical (unpaired) electrons. The number of anilines is 1. The average molecular weight is 490 g/mol. The summed E-state index contributed by atoms with van der Waals surface area (Å²) in [5.41, 5.74) is 2.63. The molecule has 2 aromatic carbocycles. The summed E-state index contributed by atoms with van der Waals surface area (Å²) in [7, 11) is 0. The molecule has 0 unspecified atom stereocenters. The second-order valence-corrected chi connectivity index (χ2v) is 8.81. The quantitative estimate of drug-likeness (QED) is 0.319. The molecule has 0 fully saturated rings. The van der Waals surface area contributed by atoms with Crippen LogP contribution in [0.5, 0.6) is 5.75 Å². The van der Waals surface area contributed by atoms with Crippen molar-refractivity contribution in [1.29, 1.82) is 0 Å². The van der Waals surface area contributed by atoms with Crippen LogP contribution in [-0.2, 0) is 13.2 Å². The number of para-hydroxylation sites is 1. The number of hydrogen-bond donors (Lipinski definition) is 1. The number of ether oxygens (including phenoxy) is 1. The average Bonchev–Trinajstić information content (AvgIpc) is 3.36. The van der Waals surface area contributed by atoms with E-state index in [0.29, 0.717) is 22.1 Å². The van der Waals surface area contributed by atoms with Crippen LogP contribution in [-0.4, -0.2) is 15.7 Å². The number of nitrogens with one attached hydrogen (secondary N) is 1. The third-order valence-electron chi connectivity index (χ3n) is 4.66. The number of benzene rings is 2. The van der Waals surface area contributed by atoms with Crippen LogP contribution in [0.15, 0.2) is 60.1 Å². The molecule has 5 nitrogen and oxygen atoms in total. The van der Waals surface area contributed by atoms with Crippen molar-refractivity contribution in [1.82, 2.24) is 9.78 Å². The molecule has 4 rings (SSSR count). The number of aryl methyl sites for hydroxylation is 1. The van der Waals surface area contributed by atoms with Gasteiger partial charge in [0.1, 0.15) is 23.2 Å². The van der Waals surface area contributed by atoms with Crippen LogP contribution in [0.2, 0.25) is 10.0 Å².